The molecule has 4 rings (SSSR count). The van der Waals surface area contributed by atoms with E-state index in [0.717, 1.165) is 20.5 Å². The minimum absolute atomic E-state index is 0.143. The van der Waals surface area contributed by atoms with Crippen LogP contribution in [0.3, 0.4) is 0 Å². The van der Waals surface area contributed by atoms with Crippen molar-refractivity contribution in [3.05, 3.63) is 12.2 Å². The first-order chi connectivity index (χ1) is 28.2. The molecule has 0 amide bonds. The summed E-state index contributed by atoms with van der Waals surface area (Å²) in [6.07, 6.45) is -5.27. The summed E-state index contributed by atoms with van der Waals surface area (Å²) < 4.78 is 49.5. The molecule has 4 aliphatic heterocycles. The second-order valence-corrected chi connectivity index (χ2v) is 14.2. The van der Waals surface area contributed by atoms with E-state index in [1.165, 1.54) is 19.8 Å². The summed E-state index contributed by atoms with van der Waals surface area (Å²) >= 11 is 0. The molecule has 348 valence electrons. The fraction of sp³-hybridized carbons (Fsp3) is 0.789. The van der Waals surface area contributed by atoms with Crippen molar-refractivity contribution in [2.24, 2.45) is 5.41 Å². The summed E-state index contributed by atoms with van der Waals surface area (Å²) in [5.41, 5.74) is 0.358. The quantitative estimate of drug-likeness (QED) is 0.0578. The standard InChI is InChI=1S/2C10H16O7.C10H14O5.C8H16O.H2O2/c2*1-3-15-10(14)9-8(17-5(2)11)7(13)6(12)4-16-9;1-3-13-10(12)9-8(15-7(2)11)5-4-6-14-9;1-8(2,3)7-5-4-6-9-7;1-2/h2*6-9,12-13H,3-4H2,1-2H3;4-5,8-9H,3,6H2,1-2H3;7H,4-6H2,1-3H3;1-2H/t6-,7-,8+,9+;6-,7-,8-,9-;8-,9-;;/m011../s1. The lowest BCUT2D eigenvalue weighted by molar-refractivity contribution is -0.216. The number of rotatable bonds is 9. The van der Waals surface area contributed by atoms with E-state index in [4.69, 9.17) is 57.9 Å². The lowest BCUT2D eigenvalue weighted by atomic mass is 9.88. The molecular weight excluding hydrogens is 808 g/mol. The van der Waals surface area contributed by atoms with Crippen LogP contribution in [0, 0.1) is 5.41 Å². The van der Waals surface area contributed by atoms with Gasteiger partial charge in [-0.15, -0.1) is 0 Å². The van der Waals surface area contributed by atoms with Crippen LogP contribution in [0.4, 0.5) is 0 Å². The number of aliphatic hydroxyl groups is 4. The molecule has 4 heterocycles. The Morgan fingerprint density at radius 3 is 1.33 bits per heavy atom. The second kappa shape index (κ2) is 29.4. The minimum Gasteiger partial charge on any atom is -0.464 e. The van der Waals surface area contributed by atoms with Crippen molar-refractivity contribution in [1.29, 1.82) is 0 Å². The Morgan fingerprint density at radius 1 is 0.617 bits per heavy atom. The molecule has 0 aromatic heterocycles. The van der Waals surface area contributed by atoms with Gasteiger partial charge in [-0.2, -0.15) is 0 Å². The van der Waals surface area contributed by atoms with Crippen LogP contribution >= 0.6 is 0 Å². The second-order valence-electron chi connectivity index (χ2n) is 14.2. The molecule has 4 aliphatic rings. The van der Waals surface area contributed by atoms with Crippen LogP contribution < -0.4 is 0 Å². The molecule has 0 spiro atoms. The summed E-state index contributed by atoms with van der Waals surface area (Å²) in [5, 5.41) is 50.1. The van der Waals surface area contributed by atoms with Crippen molar-refractivity contribution in [1.82, 2.24) is 0 Å². The highest BCUT2D eigenvalue weighted by Gasteiger charge is 2.46. The van der Waals surface area contributed by atoms with Gasteiger partial charge in [0.1, 0.15) is 24.4 Å². The molecule has 3 fully saturated rings. The highest BCUT2D eigenvalue weighted by molar-refractivity contribution is 5.78. The van der Waals surface area contributed by atoms with Crippen LogP contribution in [0.2, 0.25) is 0 Å². The number of esters is 6. The number of carbonyl (C=O) groups is 6. The van der Waals surface area contributed by atoms with Crippen LogP contribution in [0.15, 0.2) is 12.2 Å². The van der Waals surface area contributed by atoms with E-state index in [2.05, 4.69) is 20.8 Å². The van der Waals surface area contributed by atoms with Gasteiger partial charge < -0.3 is 67.8 Å². The van der Waals surface area contributed by atoms with Gasteiger partial charge in [-0.25, -0.2) is 14.4 Å². The lowest BCUT2D eigenvalue weighted by Crippen LogP contribution is -2.57. The zero-order valence-corrected chi connectivity index (χ0v) is 35.6. The van der Waals surface area contributed by atoms with Gasteiger partial charge >= 0.3 is 35.8 Å². The normalized spacial score (nSPS) is 29.3. The SMILES string of the molecule is CC(C)(C)C1CCCO1.CCOC(=O)[C@@H]1OCC=C[C@H]1OC(C)=O.CCOC(=O)[C@@H]1OC[C@@H](O)[C@@H](O)[C@H]1OC(C)=O.CCOC(=O)[C@@H]1OC[C@H](O)[C@H](O)[C@H]1OC(C)=O.OO. The zero-order valence-electron chi connectivity index (χ0n) is 35.6. The van der Waals surface area contributed by atoms with Gasteiger partial charge in [0.2, 0.25) is 0 Å². The Labute approximate surface area is 348 Å². The average molecular weight is 873 g/mol. The Hall–Kier alpha value is -3.84. The first-order valence-corrected chi connectivity index (χ1v) is 19.3. The molecular formula is C38H64O22. The molecule has 1 unspecified atom stereocenters. The summed E-state index contributed by atoms with van der Waals surface area (Å²) in [6, 6.07) is 0. The molecule has 0 saturated carbocycles. The van der Waals surface area contributed by atoms with Crippen molar-refractivity contribution in [3.8, 4) is 0 Å². The Morgan fingerprint density at radius 2 is 1.02 bits per heavy atom. The molecule has 0 radical (unpaired) electrons. The van der Waals surface area contributed by atoms with E-state index in [0.29, 0.717) is 18.1 Å². The minimum atomic E-state index is -1.37. The Balaban J connectivity index is 0.000000777. The van der Waals surface area contributed by atoms with Crippen molar-refractivity contribution in [2.45, 2.75) is 142 Å². The Kier molecular flexibility index (Phi) is 27.5. The maximum absolute atomic E-state index is 11.5. The molecule has 0 aromatic rings. The van der Waals surface area contributed by atoms with Crippen LogP contribution in [0.5, 0.6) is 0 Å². The van der Waals surface area contributed by atoms with Gasteiger partial charge in [-0.1, -0.05) is 26.8 Å². The topological polar surface area (TPSA) is 316 Å². The van der Waals surface area contributed by atoms with E-state index < -0.39 is 96.9 Å². The molecule has 22 heteroatoms. The van der Waals surface area contributed by atoms with E-state index in [-0.39, 0.29) is 33.0 Å². The van der Waals surface area contributed by atoms with Crippen molar-refractivity contribution < 1.29 is 107 Å². The number of carbonyl (C=O) groups excluding carboxylic acids is 6. The van der Waals surface area contributed by atoms with Gasteiger partial charge in [-0.3, -0.25) is 24.9 Å². The van der Waals surface area contributed by atoms with Gasteiger partial charge in [-0.05, 0) is 45.1 Å². The van der Waals surface area contributed by atoms with Crippen LogP contribution in [-0.4, -0.2) is 180 Å². The largest absolute Gasteiger partial charge is 0.464 e. The summed E-state index contributed by atoms with van der Waals surface area (Å²) in [7, 11) is 0. The summed E-state index contributed by atoms with van der Waals surface area (Å²) in [6.45, 7) is 16.6. The third kappa shape index (κ3) is 20.1. The molecule has 22 nitrogen and oxygen atoms in total. The zero-order chi connectivity index (χ0) is 46.2. The van der Waals surface area contributed by atoms with Gasteiger partial charge in [0.15, 0.2) is 36.6 Å². The molecule has 0 aromatic carbocycles. The third-order valence-corrected chi connectivity index (χ3v) is 8.31. The molecule has 3 saturated heterocycles. The van der Waals surface area contributed by atoms with Crippen molar-refractivity contribution in [2.75, 3.05) is 46.2 Å². The van der Waals surface area contributed by atoms with Crippen molar-refractivity contribution in [3.63, 3.8) is 0 Å². The van der Waals surface area contributed by atoms with E-state index in [1.807, 2.05) is 0 Å². The maximum atomic E-state index is 11.5. The molecule has 6 N–H and O–H groups in total. The molecule has 60 heavy (non-hydrogen) atoms. The fourth-order valence-corrected chi connectivity index (χ4v) is 5.61. The predicted octanol–water partition coefficient (Wildman–Crippen LogP) is -0.131. The first kappa shape index (κ1) is 56.2. The van der Waals surface area contributed by atoms with Crippen molar-refractivity contribution >= 4 is 35.8 Å². The van der Waals surface area contributed by atoms with Crippen LogP contribution in [0.25, 0.3) is 0 Å². The highest BCUT2D eigenvalue weighted by atomic mass is 17.0. The number of hydrogen-bond donors (Lipinski definition) is 6. The Bertz CT molecular complexity index is 1270. The van der Waals surface area contributed by atoms with E-state index in [1.54, 1.807) is 32.9 Å². The summed E-state index contributed by atoms with van der Waals surface area (Å²) in [4.78, 5) is 66.9. The summed E-state index contributed by atoms with van der Waals surface area (Å²) in [5.74, 6) is -3.78. The van der Waals surface area contributed by atoms with Gasteiger partial charge in [0.05, 0.1) is 45.7 Å². The number of hydrogen-bond acceptors (Lipinski definition) is 22. The lowest BCUT2D eigenvalue weighted by Gasteiger charge is -2.35. The van der Waals surface area contributed by atoms with Gasteiger partial charge in [0.25, 0.3) is 0 Å². The van der Waals surface area contributed by atoms with E-state index >= 15 is 0 Å². The number of aliphatic hydroxyl groups excluding tert-OH is 4. The van der Waals surface area contributed by atoms with Crippen LogP contribution in [-0.2, 0) is 76.1 Å². The van der Waals surface area contributed by atoms with Gasteiger partial charge in [0, 0.05) is 27.4 Å². The molecule has 11 atom stereocenters. The smallest absolute Gasteiger partial charge is 0.339 e. The monoisotopic (exact) mass is 872 g/mol. The molecule has 0 aliphatic carbocycles. The highest BCUT2D eigenvalue weighted by Crippen LogP contribution is 2.29. The number of ether oxygens (including phenoxy) is 10. The third-order valence-electron chi connectivity index (χ3n) is 8.31. The first-order valence-electron chi connectivity index (χ1n) is 19.3. The predicted molar refractivity (Wildman–Crippen MR) is 203 cm³/mol. The maximum Gasteiger partial charge on any atom is 0.339 e. The fourth-order valence-electron chi connectivity index (χ4n) is 5.61. The average Bonchev–Trinajstić information content (AvgIpc) is 3.74. The molecule has 0 bridgehead atoms. The van der Waals surface area contributed by atoms with Crippen LogP contribution in [0.1, 0.15) is 75.2 Å². The van der Waals surface area contributed by atoms with E-state index in [9.17, 15) is 49.2 Å².